The molecule has 0 saturated heterocycles. The van der Waals surface area contributed by atoms with Crippen LogP contribution in [0.1, 0.15) is 34.1 Å². The Kier molecular flexibility index (Phi) is 13.8. The molecule has 0 radical (unpaired) electrons. The summed E-state index contributed by atoms with van der Waals surface area (Å²) in [5, 5.41) is 16.1. The van der Waals surface area contributed by atoms with Gasteiger partial charge in [-0.2, -0.15) is 0 Å². The van der Waals surface area contributed by atoms with Gasteiger partial charge in [0.15, 0.2) is 0 Å². The summed E-state index contributed by atoms with van der Waals surface area (Å²) < 4.78 is 10.7. The first-order valence-corrected chi connectivity index (χ1v) is 5.47. The van der Waals surface area contributed by atoms with Crippen LogP contribution in [-0.2, 0) is 14.3 Å². The molecule has 0 rings (SSSR count). The van der Waals surface area contributed by atoms with Gasteiger partial charge in [0.2, 0.25) is 0 Å². The molecule has 5 heteroatoms. The number of ether oxygens (including phenoxy) is 2. The van der Waals surface area contributed by atoms with E-state index >= 15 is 0 Å². The molecule has 0 aromatic heterocycles. The summed E-state index contributed by atoms with van der Waals surface area (Å²) in [6.07, 6.45) is 1.07. The molecule has 0 aliphatic heterocycles. The number of rotatable bonds is 7. The maximum Gasteiger partial charge on any atom is 0.300 e. The Morgan fingerprint density at radius 1 is 1.25 bits per heavy atom. The van der Waals surface area contributed by atoms with E-state index in [0.717, 1.165) is 20.0 Å². The first-order valence-electron chi connectivity index (χ1n) is 5.47. The number of carbonyl (C=O) groups is 1. The summed E-state index contributed by atoms with van der Waals surface area (Å²) in [4.78, 5) is 9.00. The first kappa shape index (κ1) is 17.7. The highest BCUT2D eigenvalue weighted by Gasteiger charge is 2.04. The van der Waals surface area contributed by atoms with E-state index in [1.165, 1.54) is 0 Å². The third kappa shape index (κ3) is 19.0. The van der Waals surface area contributed by atoms with Gasteiger partial charge in [0, 0.05) is 13.5 Å². The van der Waals surface area contributed by atoms with Crippen LogP contribution < -0.4 is 0 Å². The topological polar surface area (TPSA) is 76.0 Å². The number of aliphatic hydroxyl groups is 1. The van der Waals surface area contributed by atoms with Crippen molar-refractivity contribution < 1.29 is 24.5 Å². The minimum Gasteiger partial charge on any atom is -0.481 e. The lowest BCUT2D eigenvalue weighted by molar-refractivity contribution is -0.134. The van der Waals surface area contributed by atoms with Gasteiger partial charge in [0.05, 0.1) is 25.4 Å². The zero-order valence-corrected chi connectivity index (χ0v) is 10.6. The molecule has 98 valence electrons. The van der Waals surface area contributed by atoms with E-state index in [2.05, 4.69) is 6.92 Å². The average molecular weight is 236 g/mol. The Morgan fingerprint density at radius 2 is 1.75 bits per heavy atom. The molecule has 0 bridgehead atoms. The number of hydrogen-bond acceptors (Lipinski definition) is 4. The molecule has 2 N–H and O–H groups in total. The van der Waals surface area contributed by atoms with Crippen molar-refractivity contribution in [1.82, 2.24) is 0 Å². The lowest BCUT2D eigenvalue weighted by Gasteiger charge is -2.15. The van der Waals surface area contributed by atoms with Crippen LogP contribution in [0, 0.1) is 0 Å². The lowest BCUT2D eigenvalue weighted by Crippen LogP contribution is -2.22. The van der Waals surface area contributed by atoms with Crippen LogP contribution in [0.2, 0.25) is 0 Å². The highest BCUT2D eigenvalue weighted by atomic mass is 16.5. The van der Waals surface area contributed by atoms with Gasteiger partial charge >= 0.3 is 0 Å². The van der Waals surface area contributed by atoms with Crippen molar-refractivity contribution in [3.8, 4) is 0 Å². The predicted octanol–water partition coefficient (Wildman–Crippen LogP) is 1.29. The maximum atomic E-state index is 9.00. The SMILES string of the molecule is CC(=O)O.CCCOC(C)COC(C)CO. The standard InChI is InChI=1S/C9H20O3.C2H4O2/c1-4-5-11-9(3)7-12-8(2)6-10;1-2(3)4/h8-10H,4-7H2,1-3H3;1H3,(H,3,4). The van der Waals surface area contributed by atoms with Crippen LogP contribution >= 0.6 is 0 Å². The van der Waals surface area contributed by atoms with Crippen LogP contribution in [-0.4, -0.2) is 48.2 Å². The van der Waals surface area contributed by atoms with Crippen LogP contribution in [0.15, 0.2) is 0 Å². The summed E-state index contributed by atoms with van der Waals surface area (Å²) in [6.45, 7) is 8.37. The number of carboxylic acids is 1. The Hall–Kier alpha value is -0.650. The van der Waals surface area contributed by atoms with Crippen molar-refractivity contribution in [2.24, 2.45) is 0 Å². The third-order valence-electron chi connectivity index (χ3n) is 1.48. The zero-order valence-electron chi connectivity index (χ0n) is 10.6. The fraction of sp³-hybridized carbons (Fsp3) is 0.909. The zero-order chi connectivity index (χ0) is 13.0. The molecular weight excluding hydrogens is 212 g/mol. The smallest absolute Gasteiger partial charge is 0.300 e. The summed E-state index contributed by atoms with van der Waals surface area (Å²) in [5.41, 5.74) is 0. The molecule has 0 aromatic rings. The second kappa shape index (κ2) is 12.4. The molecule has 0 fully saturated rings. The summed E-state index contributed by atoms with van der Waals surface area (Å²) in [6, 6.07) is 0. The van der Waals surface area contributed by atoms with Crippen molar-refractivity contribution in [1.29, 1.82) is 0 Å². The van der Waals surface area contributed by atoms with Gasteiger partial charge in [-0.15, -0.1) is 0 Å². The largest absolute Gasteiger partial charge is 0.481 e. The average Bonchev–Trinajstić information content (AvgIpc) is 2.22. The van der Waals surface area contributed by atoms with Crippen molar-refractivity contribution in [2.75, 3.05) is 19.8 Å². The number of hydrogen-bond donors (Lipinski definition) is 2. The van der Waals surface area contributed by atoms with Crippen LogP contribution in [0.5, 0.6) is 0 Å². The fourth-order valence-electron chi connectivity index (χ4n) is 0.720. The van der Waals surface area contributed by atoms with E-state index in [-0.39, 0.29) is 18.8 Å². The van der Waals surface area contributed by atoms with E-state index in [9.17, 15) is 0 Å². The summed E-state index contributed by atoms with van der Waals surface area (Å²) in [5.74, 6) is -0.833. The monoisotopic (exact) mass is 236 g/mol. The summed E-state index contributed by atoms with van der Waals surface area (Å²) >= 11 is 0. The molecule has 0 amide bonds. The van der Waals surface area contributed by atoms with E-state index in [1.807, 2.05) is 13.8 Å². The van der Waals surface area contributed by atoms with Gasteiger partial charge in [0.25, 0.3) is 5.97 Å². The molecule has 16 heavy (non-hydrogen) atoms. The van der Waals surface area contributed by atoms with Crippen molar-refractivity contribution >= 4 is 5.97 Å². The Bertz CT molecular complexity index is 156. The Labute approximate surface area is 97.4 Å². The highest BCUT2D eigenvalue weighted by Crippen LogP contribution is 1.96. The van der Waals surface area contributed by atoms with E-state index < -0.39 is 5.97 Å². The van der Waals surface area contributed by atoms with Crippen LogP contribution in [0.3, 0.4) is 0 Å². The molecule has 5 nitrogen and oxygen atoms in total. The normalized spacial score (nSPS) is 13.6. The number of aliphatic hydroxyl groups excluding tert-OH is 1. The van der Waals surface area contributed by atoms with Gasteiger partial charge in [0.1, 0.15) is 0 Å². The molecule has 0 spiro atoms. The number of aliphatic carboxylic acids is 1. The minimum absolute atomic E-state index is 0.0699. The molecule has 0 heterocycles. The van der Waals surface area contributed by atoms with E-state index in [0.29, 0.717) is 6.61 Å². The van der Waals surface area contributed by atoms with Gasteiger partial charge in [-0.1, -0.05) is 6.92 Å². The van der Waals surface area contributed by atoms with Gasteiger partial charge in [-0.25, -0.2) is 0 Å². The quantitative estimate of drug-likeness (QED) is 0.696. The molecule has 2 unspecified atom stereocenters. The predicted molar refractivity (Wildman–Crippen MR) is 61.5 cm³/mol. The van der Waals surface area contributed by atoms with Crippen molar-refractivity contribution in [3.63, 3.8) is 0 Å². The fourth-order valence-corrected chi connectivity index (χ4v) is 0.720. The second-order valence-corrected chi connectivity index (χ2v) is 3.53. The molecule has 2 atom stereocenters. The number of carboxylic acid groups (broad SMARTS) is 1. The molecule has 0 aliphatic carbocycles. The third-order valence-corrected chi connectivity index (χ3v) is 1.48. The van der Waals surface area contributed by atoms with Gasteiger partial charge in [-0.05, 0) is 20.3 Å². The van der Waals surface area contributed by atoms with E-state index in [4.69, 9.17) is 24.5 Å². The molecule has 0 aliphatic rings. The first-order chi connectivity index (χ1) is 7.43. The molecule has 0 aromatic carbocycles. The Balaban J connectivity index is 0. The maximum absolute atomic E-state index is 9.00. The van der Waals surface area contributed by atoms with Gasteiger partial charge < -0.3 is 19.7 Å². The molecule has 0 saturated carbocycles. The van der Waals surface area contributed by atoms with Crippen molar-refractivity contribution in [3.05, 3.63) is 0 Å². The Morgan fingerprint density at radius 3 is 2.12 bits per heavy atom. The van der Waals surface area contributed by atoms with E-state index in [1.54, 1.807) is 0 Å². The van der Waals surface area contributed by atoms with Crippen molar-refractivity contribution in [2.45, 2.75) is 46.3 Å². The van der Waals surface area contributed by atoms with Gasteiger partial charge in [-0.3, -0.25) is 4.79 Å². The second-order valence-electron chi connectivity index (χ2n) is 3.53. The minimum atomic E-state index is -0.833. The highest BCUT2D eigenvalue weighted by molar-refractivity contribution is 5.62. The summed E-state index contributed by atoms with van der Waals surface area (Å²) in [7, 11) is 0. The van der Waals surface area contributed by atoms with Crippen LogP contribution in [0.25, 0.3) is 0 Å². The molecular formula is C11H24O5. The lowest BCUT2D eigenvalue weighted by atomic mass is 10.4. The van der Waals surface area contributed by atoms with Crippen LogP contribution in [0.4, 0.5) is 0 Å².